The second-order valence-electron chi connectivity index (χ2n) is 7.28. The van der Waals surface area contributed by atoms with Crippen molar-refractivity contribution in [1.29, 1.82) is 0 Å². The Morgan fingerprint density at radius 1 is 0.926 bits per heavy atom. The molecule has 3 rings (SSSR count). The number of aryl methyl sites for hydroxylation is 1. The molecule has 1 aliphatic rings. The largest absolute Gasteiger partial charge is 0.378 e. The summed E-state index contributed by atoms with van der Waals surface area (Å²) in [6.07, 6.45) is 0.417. The van der Waals surface area contributed by atoms with Crippen molar-refractivity contribution in [1.82, 2.24) is 9.80 Å². The number of carbonyl (C=O) groups is 2. The van der Waals surface area contributed by atoms with Gasteiger partial charge in [0.25, 0.3) is 5.91 Å². The number of hydrogen-bond donors (Lipinski definition) is 0. The molecule has 0 atom stereocenters. The second kappa shape index (κ2) is 8.25. The van der Waals surface area contributed by atoms with Gasteiger partial charge in [0.1, 0.15) is 0 Å². The number of piperazine rings is 1. The van der Waals surface area contributed by atoms with E-state index in [2.05, 4.69) is 6.07 Å². The summed E-state index contributed by atoms with van der Waals surface area (Å²) in [5.74, 6) is 0.159. The van der Waals surface area contributed by atoms with Crippen molar-refractivity contribution in [3.63, 3.8) is 0 Å². The third-order valence-electron chi connectivity index (χ3n) is 4.97. The van der Waals surface area contributed by atoms with Crippen LogP contribution in [0.1, 0.15) is 21.5 Å². The van der Waals surface area contributed by atoms with Gasteiger partial charge >= 0.3 is 0 Å². The van der Waals surface area contributed by atoms with Gasteiger partial charge in [-0.15, -0.1) is 0 Å². The molecule has 0 unspecified atom stereocenters. The molecule has 2 aromatic rings. The highest BCUT2D eigenvalue weighted by Crippen LogP contribution is 2.16. The average molecular weight is 365 g/mol. The molecule has 27 heavy (non-hydrogen) atoms. The van der Waals surface area contributed by atoms with Crippen LogP contribution in [0.5, 0.6) is 0 Å². The van der Waals surface area contributed by atoms with Crippen molar-refractivity contribution in [3.05, 3.63) is 65.2 Å². The van der Waals surface area contributed by atoms with Crippen LogP contribution in [-0.4, -0.2) is 61.9 Å². The van der Waals surface area contributed by atoms with Gasteiger partial charge in [0.15, 0.2) is 0 Å². The van der Waals surface area contributed by atoms with Crippen molar-refractivity contribution in [2.45, 2.75) is 13.3 Å². The lowest BCUT2D eigenvalue weighted by atomic mass is 10.1. The molecule has 1 aliphatic heterocycles. The molecular formula is C22H27N3O2. The monoisotopic (exact) mass is 365 g/mol. The Morgan fingerprint density at radius 2 is 1.59 bits per heavy atom. The maximum Gasteiger partial charge on any atom is 0.254 e. The van der Waals surface area contributed by atoms with E-state index in [-0.39, 0.29) is 11.8 Å². The number of hydrogen-bond acceptors (Lipinski definition) is 3. The van der Waals surface area contributed by atoms with Gasteiger partial charge in [0, 0.05) is 51.5 Å². The number of benzene rings is 2. The molecule has 1 heterocycles. The molecule has 0 N–H and O–H groups in total. The maximum absolute atomic E-state index is 12.8. The Kier molecular flexibility index (Phi) is 5.79. The normalized spacial score (nSPS) is 14.2. The Balaban J connectivity index is 1.57. The lowest BCUT2D eigenvalue weighted by molar-refractivity contribution is -0.131. The highest BCUT2D eigenvalue weighted by atomic mass is 16.2. The molecule has 2 aromatic carbocycles. The van der Waals surface area contributed by atoms with Crippen LogP contribution >= 0.6 is 0 Å². The van der Waals surface area contributed by atoms with Crippen LogP contribution in [0.2, 0.25) is 0 Å². The van der Waals surface area contributed by atoms with E-state index in [4.69, 9.17) is 0 Å². The van der Waals surface area contributed by atoms with Crippen molar-refractivity contribution in [2.75, 3.05) is 45.2 Å². The standard InChI is InChI=1S/C22H27N3O2/c1-17-6-4-7-18(14-17)15-21(26)24-10-12-25(13-11-24)22(27)19-8-5-9-20(16-19)23(2)3/h4-9,14,16H,10-13,15H2,1-3H3. The lowest BCUT2D eigenvalue weighted by Crippen LogP contribution is -2.51. The van der Waals surface area contributed by atoms with E-state index in [1.54, 1.807) is 0 Å². The molecule has 142 valence electrons. The third-order valence-corrected chi connectivity index (χ3v) is 4.97. The quantitative estimate of drug-likeness (QED) is 0.837. The van der Waals surface area contributed by atoms with E-state index < -0.39 is 0 Å². The first kappa shape index (κ1) is 19.0. The van der Waals surface area contributed by atoms with Gasteiger partial charge in [-0.2, -0.15) is 0 Å². The summed E-state index contributed by atoms with van der Waals surface area (Å²) in [5.41, 5.74) is 3.91. The second-order valence-corrected chi connectivity index (χ2v) is 7.28. The van der Waals surface area contributed by atoms with Crippen molar-refractivity contribution in [2.24, 2.45) is 0 Å². The van der Waals surface area contributed by atoms with Gasteiger partial charge in [-0.3, -0.25) is 9.59 Å². The third kappa shape index (κ3) is 4.67. The van der Waals surface area contributed by atoms with E-state index in [0.29, 0.717) is 38.2 Å². The fourth-order valence-electron chi connectivity index (χ4n) is 3.37. The van der Waals surface area contributed by atoms with Crippen LogP contribution < -0.4 is 4.90 Å². The minimum atomic E-state index is 0.0319. The van der Waals surface area contributed by atoms with Crippen molar-refractivity contribution in [3.8, 4) is 0 Å². The minimum Gasteiger partial charge on any atom is -0.378 e. The first-order chi connectivity index (χ1) is 12.9. The first-order valence-corrected chi connectivity index (χ1v) is 9.34. The van der Waals surface area contributed by atoms with Gasteiger partial charge in [-0.25, -0.2) is 0 Å². The van der Waals surface area contributed by atoms with Crippen LogP contribution in [0.4, 0.5) is 5.69 Å². The van der Waals surface area contributed by atoms with E-state index in [1.807, 2.05) is 78.2 Å². The number of anilines is 1. The van der Waals surface area contributed by atoms with Gasteiger partial charge in [0.05, 0.1) is 6.42 Å². The van der Waals surface area contributed by atoms with Crippen LogP contribution in [0.15, 0.2) is 48.5 Å². The maximum atomic E-state index is 12.8. The molecule has 0 aliphatic carbocycles. The van der Waals surface area contributed by atoms with Crippen LogP contribution in [0, 0.1) is 6.92 Å². The van der Waals surface area contributed by atoms with Crippen molar-refractivity contribution < 1.29 is 9.59 Å². The molecule has 5 heteroatoms. The fourth-order valence-corrected chi connectivity index (χ4v) is 3.37. The molecule has 2 amide bonds. The Morgan fingerprint density at radius 3 is 2.26 bits per heavy atom. The Hall–Kier alpha value is -2.82. The zero-order valence-electron chi connectivity index (χ0n) is 16.3. The molecule has 1 fully saturated rings. The Bertz CT molecular complexity index is 824. The van der Waals surface area contributed by atoms with Gasteiger partial charge in [-0.05, 0) is 30.7 Å². The summed E-state index contributed by atoms with van der Waals surface area (Å²) >= 11 is 0. The fraction of sp³-hybridized carbons (Fsp3) is 0.364. The smallest absolute Gasteiger partial charge is 0.254 e. The molecule has 0 bridgehead atoms. The summed E-state index contributed by atoms with van der Waals surface area (Å²) in [4.78, 5) is 31.0. The van der Waals surface area contributed by atoms with Gasteiger partial charge < -0.3 is 14.7 Å². The minimum absolute atomic E-state index is 0.0319. The van der Waals surface area contributed by atoms with Crippen molar-refractivity contribution >= 4 is 17.5 Å². The topological polar surface area (TPSA) is 43.9 Å². The first-order valence-electron chi connectivity index (χ1n) is 9.34. The van der Waals surface area contributed by atoms with Crippen LogP contribution in [0.25, 0.3) is 0 Å². The van der Waals surface area contributed by atoms with E-state index in [9.17, 15) is 9.59 Å². The number of carbonyl (C=O) groups excluding carboxylic acids is 2. The summed E-state index contributed by atoms with van der Waals surface area (Å²) in [6.45, 7) is 4.35. The average Bonchev–Trinajstić information content (AvgIpc) is 2.67. The summed E-state index contributed by atoms with van der Waals surface area (Å²) in [6, 6.07) is 15.7. The molecule has 0 radical (unpaired) electrons. The van der Waals surface area contributed by atoms with E-state index in [0.717, 1.165) is 16.8 Å². The number of amides is 2. The number of rotatable bonds is 4. The molecule has 1 saturated heterocycles. The van der Waals surface area contributed by atoms with Crippen LogP contribution in [-0.2, 0) is 11.2 Å². The zero-order chi connectivity index (χ0) is 19.4. The number of nitrogens with zero attached hydrogens (tertiary/aromatic N) is 3. The summed E-state index contributed by atoms with van der Waals surface area (Å²) in [7, 11) is 3.92. The predicted octanol–water partition coefficient (Wildman–Crippen LogP) is 2.59. The molecule has 5 nitrogen and oxygen atoms in total. The SMILES string of the molecule is Cc1cccc(CC(=O)N2CCN(C(=O)c3cccc(N(C)C)c3)CC2)c1. The summed E-state index contributed by atoms with van der Waals surface area (Å²) in [5, 5.41) is 0. The molecular weight excluding hydrogens is 338 g/mol. The molecule has 0 spiro atoms. The predicted molar refractivity (Wildman–Crippen MR) is 108 cm³/mol. The molecule has 0 saturated carbocycles. The highest BCUT2D eigenvalue weighted by molar-refractivity contribution is 5.95. The highest BCUT2D eigenvalue weighted by Gasteiger charge is 2.25. The van der Waals surface area contributed by atoms with Gasteiger partial charge in [-0.1, -0.05) is 35.9 Å². The Labute approximate surface area is 161 Å². The lowest BCUT2D eigenvalue weighted by Gasteiger charge is -2.35. The van der Waals surface area contributed by atoms with E-state index >= 15 is 0 Å². The molecule has 0 aromatic heterocycles. The van der Waals surface area contributed by atoms with Gasteiger partial charge in [0.2, 0.25) is 5.91 Å². The van der Waals surface area contributed by atoms with E-state index in [1.165, 1.54) is 0 Å². The zero-order valence-corrected chi connectivity index (χ0v) is 16.3. The van der Waals surface area contributed by atoms with Crippen LogP contribution in [0.3, 0.4) is 0 Å². The summed E-state index contributed by atoms with van der Waals surface area (Å²) < 4.78 is 0.